The molecule has 0 radical (unpaired) electrons. The Kier molecular flexibility index (Phi) is 4.33. The smallest absolute Gasteiger partial charge is 0.181 e. The molecule has 128 valence electrons. The van der Waals surface area contributed by atoms with E-state index in [9.17, 15) is 0 Å². The molecule has 0 spiro atoms. The lowest BCUT2D eigenvalue weighted by Gasteiger charge is -2.33. The predicted molar refractivity (Wildman–Crippen MR) is 98.6 cm³/mol. The topological polar surface area (TPSA) is 72.9 Å². The van der Waals surface area contributed by atoms with E-state index in [4.69, 9.17) is 5.73 Å². The Morgan fingerprint density at radius 2 is 1.76 bits per heavy atom. The van der Waals surface area contributed by atoms with Gasteiger partial charge in [0.25, 0.3) is 0 Å². The van der Waals surface area contributed by atoms with Gasteiger partial charge in [-0.2, -0.15) is 5.10 Å². The maximum absolute atomic E-state index is 6.34. The monoisotopic (exact) mass is 334 g/mol. The maximum Gasteiger partial charge on any atom is 0.181 e. The fraction of sp³-hybridized carbons (Fsp3) is 0.316. The molecule has 1 aromatic carbocycles. The van der Waals surface area contributed by atoms with Gasteiger partial charge in [-0.25, -0.2) is 14.6 Å². The van der Waals surface area contributed by atoms with E-state index in [-0.39, 0.29) is 0 Å². The van der Waals surface area contributed by atoms with Gasteiger partial charge in [-0.15, -0.1) is 0 Å². The van der Waals surface area contributed by atoms with Gasteiger partial charge in [0.15, 0.2) is 11.6 Å². The van der Waals surface area contributed by atoms with E-state index < -0.39 is 0 Å². The first-order chi connectivity index (χ1) is 12.3. The van der Waals surface area contributed by atoms with Gasteiger partial charge in [0, 0.05) is 25.5 Å². The van der Waals surface area contributed by atoms with Crippen molar-refractivity contribution in [2.75, 3.05) is 23.7 Å². The first-order valence-corrected chi connectivity index (χ1v) is 8.70. The van der Waals surface area contributed by atoms with E-state index in [1.807, 2.05) is 12.3 Å². The number of nitrogen functional groups attached to an aromatic ring is 1. The highest BCUT2D eigenvalue weighted by Gasteiger charge is 2.23. The minimum absolute atomic E-state index is 0.590. The highest BCUT2D eigenvalue weighted by Crippen LogP contribution is 2.29. The standard InChI is InChI=1S/C19H22N6/c20-17-18(21-14-22-19(17)25-10-4-9-23-25)24-11-7-16(8-12-24)13-15-5-2-1-3-6-15/h1-6,9-10,14,16H,7-8,11-13,20H2. The van der Waals surface area contributed by atoms with Crippen LogP contribution in [-0.2, 0) is 6.42 Å². The van der Waals surface area contributed by atoms with Crippen molar-refractivity contribution in [3.63, 3.8) is 0 Å². The van der Waals surface area contributed by atoms with Gasteiger partial charge in [0.1, 0.15) is 12.0 Å². The first kappa shape index (κ1) is 15.6. The Morgan fingerprint density at radius 1 is 1.00 bits per heavy atom. The van der Waals surface area contributed by atoms with Crippen LogP contribution < -0.4 is 10.6 Å². The van der Waals surface area contributed by atoms with Crippen molar-refractivity contribution in [3.05, 3.63) is 60.7 Å². The molecule has 1 aliphatic heterocycles. The van der Waals surface area contributed by atoms with Crippen molar-refractivity contribution in [3.8, 4) is 5.82 Å². The highest BCUT2D eigenvalue weighted by atomic mass is 15.3. The van der Waals surface area contributed by atoms with Gasteiger partial charge in [-0.3, -0.25) is 0 Å². The Balaban J connectivity index is 1.45. The lowest BCUT2D eigenvalue weighted by Crippen LogP contribution is -2.35. The second kappa shape index (κ2) is 6.93. The highest BCUT2D eigenvalue weighted by molar-refractivity contribution is 5.70. The quantitative estimate of drug-likeness (QED) is 0.794. The number of hydrogen-bond acceptors (Lipinski definition) is 5. The lowest BCUT2D eigenvalue weighted by molar-refractivity contribution is 0.402. The summed E-state index contributed by atoms with van der Waals surface area (Å²) in [4.78, 5) is 11.0. The zero-order valence-electron chi connectivity index (χ0n) is 14.1. The molecule has 4 rings (SSSR count). The molecule has 6 heteroatoms. The summed E-state index contributed by atoms with van der Waals surface area (Å²) in [7, 11) is 0. The Hall–Kier alpha value is -2.89. The molecule has 0 saturated carbocycles. The number of nitrogens with zero attached hydrogens (tertiary/aromatic N) is 5. The molecule has 3 heterocycles. The number of anilines is 2. The molecule has 3 aromatic rings. The van der Waals surface area contributed by atoms with Crippen LogP contribution in [-0.4, -0.2) is 32.8 Å². The van der Waals surface area contributed by atoms with Crippen molar-refractivity contribution < 1.29 is 0 Å². The van der Waals surface area contributed by atoms with Crippen LogP contribution in [0.4, 0.5) is 11.5 Å². The molecule has 0 bridgehead atoms. The third kappa shape index (κ3) is 3.33. The molecule has 1 saturated heterocycles. The molecule has 25 heavy (non-hydrogen) atoms. The lowest BCUT2D eigenvalue weighted by atomic mass is 9.90. The van der Waals surface area contributed by atoms with Crippen LogP contribution in [0.5, 0.6) is 0 Å². The molecule has 0 unspecified atom stereocenters. The third-order valence-corrected chi connectivity index (χ3v) is 4.84. The molecule has 2 N–H and O–H groups in total. The average Bonchev–Trinajstić information content (AvgIpc) is 3.18. The summed E-state index contributed by atoms with van der Waals surface area (Å²) in [5.41, 5.74) is 8.35. The SMILES string of the molecule is Nc1c(N2CCC(Cc3ccccc3)CC2)ncnc1-n1cccn1. The van der Waals surface area contributed by atoms with E-state index in [1.54, 1.807) is 17.2 Å². The van der Waals surface area contributed by atoms with Crippen LogP contribution in [0.15, 0.2) is 55.1 Å². The molecular formula is C19H22N6. The van der Waals surface area contributed by atoms with Crippen LogP contribution in [0.1, 0.15) is 18.4 Å². The number of nitrogens with two attached hydrogens (primary N) is 1. The van der Waals surface area contributed by atoms with Crippen LogP contribution in [0.3, 0.4) is 0 Å². The molecular weight excluding hydrogens is 312 g/mol. The zero-order chi connectivity index (χ0) is 17.1. The van der Waals surface area contributed by atoms with Gasteiger partial charge in [-0.05, 0) is 36.8 Å². The van der Waals surface area contributed by atoms with Gasteiger partial charge in [0.05, 0.1) is 0 Å². The van der Waals surface area contributed by atoms with Crippen LogP contribution in [0, 0.1) is 5.92 Å². The predicted octanol–water partition coefficient (Wildman–Crippen LogP) is 2.70. The van der Waals surface area contributed by atoms with Crippen LogP contribution in [0.25, 0.3) is 5.82 Å². The Bertz CT molecular complexity index is 807. The second-order valence-electron chi connectivity index (χ2n) is 6.51. The van der Waals surface area contributed by atoms with Crippen molar-refractivity contribution >= 4 is 11.5 Å². The molecule has 1 aliphatic rings. The van der Waals surface area contributed by atoms with Crippen molar-refractivity contribution in [2.24, 2.45) is 5.92 Å². The fourth-order valence-corrected chi connectivity index (χ4v) is 3.50. The minimum Gasteiger partial charge on any atom is -0.393 e. The van der Waals surface area contributed by atoms with Crippen molar-refractivity contribution in [2.45, 2.75) is 19.3 Å². The van der Waals surface area contributed by atoms with Crippen molar-refractivity contribution in [1.82, 2.24) is 19.7 Å². The number of rotatable bonds is 4. The van der Waals surface area contributed by atoms with E-state index in [0.29, 0.717) is 17.4 Å². The summed E-state index contributed by atoms with van der Waals surface area (Å²) in [6, 6.07) is 12.6. The number of benzene rings is 1. The maximum atomic E-state index is 6.34. The third-order valence-electron chi connectivity index (χ3n) is 4.84. The van der Waals surface area contributed by atoms with Gasteiger partial charge >= 0.3 is 0 Å². The molecule has 0 atom stereocenters. The van der Waals surface area contributed by atoms with E-state index in [1.165, 1.54) is 5.56 Å². The van der Waals surface area contributed by atoms with Crippen LogP contribution in [0.2, 0.25) is 0 Å². The summed E-state index contributed by atoms with van der Waals surface area (Å²) < 4.78 is 1.68. The van der Waals surface area contributed by atoms with Gasteiger partial charge in [-0.1, -0.05) is 30.3 Å². The molecule has 0 aliphatic carbocycles. The number of hydrogen-bond donors (Lipinski definition) is 1. The summed E-state index contributed by atoms with van der Waals surface area (Å²) in [6.07, 6.45) is 8.57. The largest absolute Gasteiger partial charge is 0.393 e. The Morgan fingerprint density at radius 3 is 2.48 bits per heavy atom. The molecule has 6 nitrogen and oxygen atoms in total. The number of piperidine rings is 1. The molecule has 2 aromatic heterocycles. The van der Waals surface area contributed by atoms with Gasteiger partial charge in [0.2, 0.25) is 0 Å². The average molecular weight is 334 g/mol. The van der Waals surface area contributed by atoms with E-state index in [0.717, 1.165) is 38.2 Å². The number of aromatic nitrogens is 4. The Labute approximate surface area is 147 Å². The normalized spacial score (nSPS) is 15.4. The summed E-state index contributed by atoms with van der Waals surface area (Å²) >= 11 is 0. The summed E-state index contributed by atoms with van der Waals surface area (Å²) in [6.45, 7) is 1.94. The zero-order valence-corrected chi connectivity index (χ0v) is 14.1. The van der Waals surface area contributed by atoms with E-state index in [2.05, 4.69) is 50.3 Å². The molecule has 0 amide bonds. The fourth-order valence-electron chi connectivity index (χ4n) is 3.50. The van der Waals surface area contributed by atoms with E-state index >= 15 is 0 Å². The van der Waals surface area contributed by atoms with Gasteiger partial charge < -0.3 is 10.6 Å². The first-order valence-electron chi connectivity index (χ1n) is 8.70. The van der Waals surface area contributed by atoms with Crippen molar-refractivity contribution in [1.29, 1.82) is 0 Å². The summed E-state index contributed by atoms with van der Waals surface area (Å²) in [5.74, 6) is 2.17. The summed E-state index contributed by atoms with van der Waals surface area (Å²) in [5, 5.41) is 4.22. The minimum atomic E-state index is 0.590. The van der Waals surface area contributed by atoms with Crippen LogP contribution >= 0.6 is 0 Å². The second-order valence-corrected chi connectivity index (χ2v) is 6.51. The molecule has 1 fully saturated rings.